The van der Waals surface area contributed by atoms with Gasteiger partial charge in [0, 0.05) is 6.04 Å². The highest BCUT2D eigenvalue weighted by Gasteiger charge is 2.18. The topological polar surface area (TPSA) is 60.8 Å². The Hall–Kier alpha value is -0.610. The summed E-state index contributed by atoms with van der Waals surface area (Å²) in [5.74, 6) is -0.857. The van der Waals surface area contributed by atoms with E-state index in [9.17, 15) is 9.90 Å². The van der Waals surface area contributed by atoms with Crippen LogP contribution in [0.5, 0.6) is 0 Å². The molecule has 0 bridgehead atoms. The second-order valence-electron chi connectivity index (χ2n) is 2.94. The number of carboxylic acid groups (broad SMARTS) is 1. The molecule has 4 nitrogen and oxygen atoms in total. The number of carbonyl (C=O) groups is 1. The van der Waals surface area contributed by atoms with Gasteiger partial charge in [0.25, 0.3) is 0 Å². The van der Waals surface area contributed by atoms with Gasteiger partial charge in [-0.15, -0.1) is 0 Å². The Balaban J connectivity index is 4.04. The number of aliphatic carboxylic acids is 1. The van der Waals surface area contributed by atoms with Crippen LogP contribution in [0.15, 0.2) is 0 Å². The molecule has 2 atom stereocenters. The largest absolute Gasteiger partial charge is 0.480 e. The van der Waals surface area contributed by atoms with Crippen LogP contribution in [0.2, 0.25) is 0 Å². The maximum atomic E-state index is 10.4. The van der Waals surface area contributed by atoms with Crippen LogP contribution in [0.25, 0.3) is 0 Å². The van der Waals surface area contributed by atoms with Gasteiger partial charge in [-0.3, -0.25) is 9.69 Å². The van der Waals surface area contributed by atoms with E-state index in [1.165, 1.54) is 0 Å². The number of aliphatic hydroxyl groups excluding tert-OH is 1. The molecule has 0 fully saturated rings. The van der Waals surface area contributed by atoms with E-state index in [0.717, 1.165) is 0 Å². The Labute approximate surface area is 72.8 Å². The van der Waals surface area contributed by atoms with Gasteiger partial charge in [-0.1, -0.05) is 6.92 Å². The molecule has 0 heterocycles. The summed E-state index contributed by atoms with van der Waals surface area (Å²) in [6, 6.07) is -0.105. The van der Waals surface area contributed by atoms with Gasteiger partial charge in [0.05, 0.1) is 12.6 Å². The fourth-order valence-electron chi connectivity index (χ4n) is 1.02. The first-order chi connectivity index (χ1) is 5.49. The number of hydrogen-bond donors (Lipinski definition) is 2. The molecular weight excluding hydrogens is 158 g/mol. The van der Waals surface area contributed by atoms with Crippen LogP contribution in [-0.4, -0.2) is 46.3 Å². The minimum atomic E-state index is -0.857. The zero-order valence-corrected chi connectivity index (χ0v) is 7.82. The Kier molecular flexibility index (Phi) is 4.85. The van der Waals surface area contributed by atoms with Gasteiger partial charge in [0.2, 0.25) is 0 Å². The van der Waals surface area contributed by atoms with Gasteiger partial charge < -0.3 is 10.2 Å². The molecule has 0 aliphatic rings. The van der Waals surface area contributed by atoms with Crippen molar-refractivity contribution in [2.45, 2.75) is 32.9 Å². The zero-order chi connectivity index (χ0) is 9.72. The monoisotopic (exact) mass is 175 g/mol. The highest BCUT2D eigenvalue weighted by Crippen LogP contribution is 2.02. The number of rotatable bonds is 5. The molecule has 12 heavy (non-hydrogen) atoms. The summed E-state index contributed by atoms with van der Waals surface area (Å²) in [7, 11) is 0. The average Bonchev–Trinajstić information content (AvgIpc) is 1.98. The van der Waals surface area contributed by atoms with E-state index in [2.05, 4.69) is 0 Å². The SMILES string of the molecule is CCN(CC(=O)O)C(C)C(C)O. The van der Waals surface area contributed by atoms with Crippen molar-refractivity contribution in [2.75, 3.05) is 13.1 Å². The average molecular weight is 175 g/mol. The van der Waals surface area contributed by atoms with Crippen molar-refractivity contribution < 1.29 is 15.0 Å². The maximum absolute atomic E-state index is 10.4. The summed E-state index contributed by atoms with van der Waals surface area (Å²) in [5.41, 5.74) is 0. The fraction of sp³-hybridized carbons (Fsp3) is 0.875. The fourth-order valence-corrected chi connectivity index (χ4v) is 1.02. The predicted octanol–water partition coefficient (Wildman–Crippen LogP) is 0.162. The molecule has 0 aromatic heterocycles. The second-order valence-corrected chi connectivity index (χ2v) is 2.94. The molecule has 0 aliphatic carbocycles. The van der Waals surface area contributed by atoms with Crippen molar-refractivity contribution in [3.05, 3.63) is 0 Å². The summed E-state index contributed by atoms with van der Waals surface area (Å²) >= 11 is 0. The summed E-state index contributed by atoms with van der Waals surface area (Å²) in [6.07, 6.45) is -0.496. The van der Waals surface area contributed by atoms with E-state index in [-0.39, 0.29) is 12.6 Å². The lowest BCUT2D eigenvalue weighted by molar-refractivity contribution is -0.139. The van der Waals surface area contributed by atoms with Gasteiger partial charge in [-0.05, 0) is 20.4 Å². The van der Waals surface area contributed by atoms with Crippen molar-refractivity contribution in [1.82, 2.24) is 4.90 Å². The summed E-state index contributed by atoms with van der Waals surface area (Å²) in [6.45, 7) is 5.98. The van der Waals surface area contributed by atoms with Crippen LogP contribution < -0.4 is 0 Å². The highest BCUT2D eigenvalue weighted by molar-refractivity contribution is 5.69. The predicted molar refractivity (Wildman–Crippen MR) is 46.0 cm³/mol. The van der Waals surface area contributed by atoms with Crippen LogP contribution >= 0.6 is 0 Å². The van der Waals surface area contributed by atoms with Crippen LogP contribution in [0, 0.1) is 0 Å². The summed E-state index contributed by atoms with van der Waals surface area (Å²) in [4.78, 5) is 12.1. The lowest BCUT2D eigenvalue weighted by atomic mass is 10.2. The van der Waals surface area contributed by atoms with Crippen molar-refractivity contribution in [2.24, 2.45) is 0 Å². The molecule has 2 N–H and O–H groups in total. The quantitative estimate of drug-likeness (QED) is 0.625. The standard InChI is InChI=1S/C8H17NO3/c1-4-9(5-8(11)12)6(2)7(3)10/h6-7,10H,4-5H2,1-3H3,(H,11,12). The van der Waals surface area contributed by atoms with E-state index in [1.54, 1.807) is 11.8 Å². The Bertz CT molecular complexity index is 147. The first-order valence-electron chi connectivity index (χ1n) is 4.13. The van der Waals surface area contributed by atoms with Crippen LogP contribution in [0.1, 0.15) is 20.8 Å². The minimum Gasteiger partial charge on any atom is -0.480 e. The van der Waals surface area contributed by atoms with E-state index in [0.29, 0.717) is 6.54 Å². The Morgan fingerprint density at radius 2 is 2.00 bits per heavy atom. The van der Waals surface area contributed by atoms with Gasteiger partial charge in [0.1, 0.15) is 0 Å². The number of likely N-dealkylation sites (N-methyl/N-ethyl adjacent to an activating group) is 1. The molecule has 0 saturated heterocycles. The molecule has 0 saturated carbocycles. The van der Waals surface area contributed by atoms with Gasteiger partial charge in [-0.25, -0.2) is 0 Å². The Morgan fingerprint density at radius 3 is 2.25 bits per heavy atom. The molecule has 0 aliphatic heterocycles. The van der Waals surface area contributed by atoms with E-state index < -0.39 is 12.1 Å². The molecular formula is C8H17NO3. The lowest BCUT2D eigenvalue weighted by Crippen LogP contribution is -2.42. The van der Waals surface area contributed by atoms with Gasteiger partial charge in [0.15, 0.2) is 0 Å². The minimum absolute atomic E-state index is 0.0113. The maximum Gasteiger partial charge on any atom is 0.317 e. The van der Waals surface area contributed by atoms with Crippen LogP contribution in [-0.2, 0) is 4.79 Å². The van der Waals surface area contributed by atoms with E-state index in [1.807, 2.05) is 13.8 Å². The second kappa shape index (κ2) is 5.11. The molecule has 72 valence electrons. The first-order valence-corrected chi connectivity index (χ1v) is 4.13. The molecule has 0 rings (SSSR count). The molecule has 0 spiro atoms. The summed E-state index contributed by atoms with van der Waals surface area (Å²) in [5, 5.41) is 17.7. The molecule has 4 heteroatoms. The van der Waals surface area contributed by atoms with E-state index >= 15 is 0 Å². The Morgan fingerprint density at radius 1 is 1.50 bits per heavy atom. The third-order valence-electron chi connectivity index (χ3n) is 2.02. The van der Waals surface area contributed by atoms with Crippen molar-refractivity contribution in [3.63, 3.8) is 0 Å². The number of aliphatic hydroxyl groups is 1. The van der Waals surface area contributed by atoms with Gasteiger partial charge >= 0.3 is 5.97 Å². The number of carboxylic acids is 1. The highest BCUT2D eigenvalue weighted by atomic mass is 16.4. The van der Waals surface area contributed by atoms with Crippen molar-refractivity contribution >= 4 is 5.97 Å². The van der Waals surface area contributed by atoms with Crippen LogP contribution in [0.4, 0.5) is 0 Å². The normalized spacial score (nSPS) is 16.1. The molecule has 2 unspecified atom stereocenters. The van der Waals surface area contributed by atoms with Crippen molar-refractivity contribution in [1.29, 1.82) is 0 Å². The molecule has 0 aromatic rings. The summed E-state index contributed by atoms with van der Waals surface area (Å²) < 4.78 is 0. The van der Waals surface area contributed by atoms with Gasteiger partial charge in [-0.2, -0.15) is 0 Å². The zero-order valence-electron chi connectivity index (χ0n) is 7.82. The molecule has 0 aromatic carbocycles. The van der Waals surface area contributed by atoms with E-state index in [4.69, 9.17) is 5.11 Å². The molecule has 0 radical (unpaired) electrons. The van der Waals surface area contributed by atoms with Crippen molar-refractivity contribution in [3.8, 4) is 0 Å². The number of hydrogen-bond acceptors (Lipinski definition) is 3. The third kappa shape index (κ3) is 3.69. The smallest absolute Gasteiger partial charge is 0.317 e. The number of nitrogens with zero attached hydrogens (tertiary/aromatic N) is 1. The lowest BCUT2D eigenvalue weighted by Gasteiger charge is -2.27. The molecule has 0 amide bonds. The first kappa shape index (κ1) is 11.4. The third-order valence-corrected chi connectivity index (χ3v) is 2.02. The van der Waals surface area contributed by atoms with Crippen LogP contribution in [0.3, 0.4) is 0 Å².